The number of hydrogen-bond acceptors (Lipinski definition) is 4. The van der Waals surface area contributed by atoms with Gasteiger partial charge in [-0.15, -0.1) is 0 Å². The Hall–Kier alpha value is -1.49. The van der Waals surface area contributed by atoms with Gasteiger partial charge in [0.05, 0.1) is 6.04 Å². The summed E-state index contributed by atoms with van der Waals surface area (Å²) in [5.74, 6) is 0.401. The van der Waals surface area contributed by atoms with E-state index in [0.717, 1.165) is 5.56 Å². The lowest BCUT2D eigenvalue weighted by Crippen LogP contribution is -2.41. The van der Waals surface area contributed by atoms with Gasteiger partial charge >= 0.3 is 0 Å². The lowest BCUT2D eigenvalue weighted by molar-refractivity contribution is -0.117. The van der Waals surface area contributed by atoms with Crippen molar-refractivity contribution in [2.24, 2.45) is 5.73 Å². The molecular weight excluding hydrogens is 156 g/mol. The Labute approximate surface area is 69.0 Å². The molecule has 1 unspecified atom stereocenters. The van der Waals surface area contributed by atoms with Gasteiger partial charge in [-0.1, -0.05) is 0 Å². The first-order valence-corrected chi connectivity index (χ1v) is 3.62. The summed E-state index contributed by atoms with van der Waals surface area (Å²) in [5.41, 5.74) is 6.42. The molecule has 12 heavy (non-hydrogen) atoms. The van der Waals surface area contributed by atoms with Gasteiger partial charge in [-0.2, -0.15) is 0 Å². The van der Waals surface area contributed by atoms with Crippen LogP contribution >= 0.6 is 0 Å². The summed E-state index contributed by atoms with van der Waals surface area (Å²) < 4.78 is 0. The molecule has 2 rings (SSSR count). The van der Waals surface area contributed by atoms with Crippen molar-refractivity contribution in [1.29, 1.82) is 0 Å². The van der Waals surface area contributed by atoms with Gasteiger partial charge in [0.2, 0.25) is 5.91 Å². The van der Waals surface area contributed by atoms with Gasteiger partial charge in [0, 0.05) is 18.2 Å². The number of carbonyl (C=O) groups is 1. The Bertz CT molecular complexity index is 325. The summed E-state index contributed by atoms with van der Waals surface area (Å²) in [5, 5.41) is 2.59. The molecule has 1 aliphatic heterocycles. The van der Waals surface area contributed by atoms with Crippen LogP contribution in [0.3, 0.4) is 0 Å². The number of nitrogens with two attached hydrogens (primary N) is 1. The normalized spacial score (nSPS) is 21.4. The van der Waals surface area contributed by atoms with E-state index in [4.69, 9.17) is 5.73 Å². The van der Waals surface area contributed by atoms with Crippen LogP contribution in [-0.2, 0) is 11.2 Å². The van der Waals surface area contributed by atoms with Crippen LogP contribution in [0.25, 0.3) is 0 Å². The number of aromatic nitrogens is 2. The third-order valence-electron chi connectivity index (χ3n) is 1.81. The number of fused-ring (bicyclic) bond motifs is 1. The van der Waals surface area contributed by atoms with Crippen molar-refractivity contribution in [2.75, 3.05) is 5.32 Å². The van der Waals surface area contributed by atoms with E-state index in [1.54, 1.807) is 6.20 Å². The maximum absolute atomic E-state index is 11.1. The second-order valence-electron chi connectivity index (χ2n) is 2.70. The minimum absolute atomic E-state index is 0.179. The minimum atomic E-state index is -0.469. The second kappa shape index (κ2) is 2.53. The maximum Gasteiger partial charge on any atom is 0.242 e. The van der Waals surface area contributed by atoms with Gasteiger partial charge in [0.1, 0.15) is 12.1 Å². The number of rotatable bonds is 0. The van der Waals surface area contributed by atoms with E-state index in [2.05, 4.69) is 15.3 Å². The Morgan fingerprint density at radius 3 is 3.33 bits per heavy atom. The Morgan fingerprint density at radius 1 is 1.67 bits per heavy atom. The van der Waals surface area contributed by atoms with Crippen molar-refractivity contribution in [3.05, 3.63) is 18.1 Å². The van der Waals surface area contributed by atoms with Gasteiger partial charge in [0.25, 0.3) is 0 Å². The quantitative estimate of drug-likeness (QED) is 0.531. The van der Waals surface area contributed by atoms with Crippen LogP contribution in [0.4, 0.5) is 5.82 Å². The fraction of sp³-hybridized carbons (Fsp3) is 0.286. The van der Waals surface area contributed by atoms with Crippen molar-refractivity contribution in [3.8, 4) is 0 Å². The lowest BCUT2D eigenvalue weighted by Gasteiger charge is -2.19. The highest BCUT2D eigenvalue weighted by atomic mass is 16.2. The molecule has 3 N–H and O–H groups in total. The van der Waals surface area contributed by atoms with Gasteiger partial charge < -0.3 is 11.1 Å². The number of hydrogen-bond donors (Lipinski definition) is 2. The van der Waals surface area contributed by atoms with Gasteiger partial charge in [-0.25, -0.2) is 9.97 Å². The smallest absolute Gasteiger partial charge is 0.242 e. The standard InChI is InChI=1S/C7H8N4O/c8-5-1-4-2-9-3-10-6(4)11-7(5)12/h2-3,5H,1,8H2,(H,9,10,11,12). The van der Waals surface area contributed by atoms with E-state index in [0.29, 0.717) is 12.2 Å². The molecule has 0 radical (unpaired) electrons. The molecule has 0 saturated carbocycles. The number of nitrogens with one attached hydrogen (secondary N) is 1. The van der Waals surface area contributed by atoms with Crippen molar-refractivity contribution in [3.63, 3.8) is 0 Å². The summed E-state index contributed by atoms with van der Waals surface area (Å²) >= 11 is 0. The lowest BCUT2D eigenvalue weighted by atomic mass is 10.0. The highest BCUT2D eigenvalue weighted by Gasteiger charge is 2.23. The van der Waals surface area contributed by atoms with Gasteiger partial charge in [-0.3, -0.25) is 4.79 Å². The highest BCUT2D eigenvalue weighted by Crippen LogP contribution is 2.16. The largest absolute Gasteiger partial charge is 0.320 e. The summed E-state index contributed by atoms with van der Waals surface area (Å²) in [6, 6.07) is -0.469. The molecule has 5 nitrogen and oxygen atoms in total. The van der Waals surface area contributed by atoms with Gasteiger partial charge in [-0.05, 0) is 0 Å². The molecule has 62 valence electrons. The summed E-state index contributed by atoms with van der Waals surface area (Å²) in [4.78, 5) is 18.8. The van der Waals surface area contributed by atoms with E-state index in [9.17, 15) is 4.79 Å². The predicted molar refractivity (Wildman–Crippen MR) is 42.3 cm³/mol. The molecule has 1 aromatic rings. The van der Waals surface area contributed by atoms with Crippen LogP contribution < -0.4 is 11.1 Å². The van der Waals surface area contributed by atoms with Crippen molar-refractivity contribution < 1.29 is 4.79 Å². The number of anilines is 1. The molecule has 1 aromatic heterocycles. The Kier molecular flexibility index (Phi) is 1.51. The summed E-state index contributed by atoms with van der Waals surface area (Å²) in [7, 11) is 0. The molecule has 0 spiro atoms. The highest BCUT2D eigenvalue weighted by molar-refractivity contribution is 5.96. The molecule has 0 saturated heterocycles. The van der Waals surface area contributed by atoms with Crippen LogP contribution in [-0.4, -0.2) is 21.9 Å². The first-order chi connectivity index (χ1) is 5.77. The van der Waals surface area contributed by atoms with E-state index < -0.39 is 6.04 Å². The Morgan fingerprint density at radius 2 is 2.50 bits per heavy atom. The molecule has 0 bridgehead atoms. The molecule has 1 aliphatic rings. The Balaban J connectivity index is 2.40. The van der Waals surface area contributed by atoms with Crippen molar-refractivity contribution in [2.45, 2.75) is 12.5 Å². The second-order valence-corrected chi connectivity index (χ2v) is 2.70. The van der Waals surface area contributed by atoms with Gasteiger partial charge in [0.15, 0.2) is 0 Å². The fourth-order valence-electron chi connectivity index (χ4n) is 1.16. The molecule has 0 fully saturated rings. The average molecular weight is 164 g/mol. The van der Waals surface area contributed by atoms with Crippen LogP contribution in [0.2, 0.25) is 0 Å². The first kappa shape index (κ1) is 7.17. The maximum atomic E-state index is 11.1. The third kappa shape index (κ3) is 1.04. The number of amides is 1. The molecule has 2 heterocycles. The number of nitrogens with zero attached hydrogens (tertiary/aromatic N) is 2. The molecule has 1 amide bonds. The van der Waals surface area contributed by atoms with E-state index >= 15 is 0 Å². The number of carbonyl (C=O) groups excluding carboxylic acids is 1. The topological polar surface area (TPSA) is 80.9 Å². The molecule has 5 heteroatoms. The molecule has 0 aliphatic carbocycles. The van der Waals surface area contributed by atoms with E-state index in [-0.39, 0.29) is 5.91 Å². The van der Waals surface area contributed by atoms with E-state index in [1.165, 1.54) is 6.33 Å². The molecule has 0 aromatic carbocycles. The monoisotopic (exact) mass is 164 g/mol. The minimum Gasteiger partial charge on any atom is -0.320 e. The summed E-state index contributed by atoms with van der Waals surface area (Å²) in [6.45, 7) is 0. The van der Waals surface area contributed by atoms with Crippen molar-refractivity contribution in [1.82, 2.24) is 9.97 Å². The predicted octanol–water partition coefficient (Wildman–Crippen LogP) is -0.702. The van der Waals surface area contributed by atoms with Crippen LogP contribution in [0.5, 0.6) is 0 Å². The van der Waals surface area contributed by atoms with E-state index in [1.807, 2.05) is 0 Å². The van der Waals surface area contributed by atoms with Crippen molar-refractivity contribution >= 4 is 11.7 Å². The van der Waals surface area contributed by atoms with Crippen LogP contribution in [0, 0.1) is 0 Å². The first-order valence-electron chi connectivity index (χ1n) is 3.62. The summed E-state index contributed by atoms with van der Waals surface area (Å²) in [6.07, 6.45) is 3.58. The van der Waals surface area contributed by atoms with Crippen LogP contribution in [0.15, 0.2) is 12.5 Å². The molecule has 1 atom stereocenters. The molecular formula is C7H8N4O. The third-order valence-corrected chi connectivity index (χ3v) is 1.81. The zero-order valence-corrected chi connectivity index (χ0v) is 6.32. The zero-order valence-electron chi connectivity index (χ0n) is 6.32. The average Bonchev–Trinajstić information content (AvgIpc) is 2.07. The SMILES string of the molecule is NC1Cc2cncnc2NC1=O. The zero-order chi connectivity index (χ0) is 8.55. The van der Waals surface area contributed by atoms with Crippen LogP contribution in [0.1, 0.15) is 5.56 Å². The fourth-order valence-corrected chi connectivity index (χ4v) is 1.16.